The first-order chi connectivity index (χ1) is 8.49. The molecule has 1 amide bonds. The van der Waals surface area contributed by atoms with Crippen LogP contribution in [0, 0.1) is 23.2 Å². The van der Waals surface area contributed by atoms with Gasteiger partial charge in [0.15, 0.2) is 0 Å². The largest absolute Gasteiger partial charge is 0.339 e. The summed E-state index contributed by atoms with van der Waals surface area (Å²) in [6, 6.07) is 2.03. The monoisotopic (exact) mass is 271 g/mol. The van der Waals surface area contributed by atoms with E-state index in [4.69, 9.17) is 5.26 Å². The maximum atomic E-state index is 11.8. The van der Waals surface area contributed by atoms with Gasteiger partial charge >= 0.3 is 0 Å². The van der Waals surface area contributed by atoms with E-state index in [1.54, 1.807) is 6.92 Å². The lowest BCUT2D eigenvalue weighted by Gasteiger charge is -2.46. The fourth-order valence-electron chi connectivity index (χ4n) is 2.09. The molecule has 0 radical (unpaired) electrons. The van der Waals surface area contributed by atoms with Gasteiger partial charge in [0.25, 0.3) is 0 Å². The zero-order valence-electron chi connectivity index (χ0n) is 10.3. The maximum Gasteiger partial charge on any atom is 0.224 e. The van der Waals surface area contributed by atoms with E-state index in [9.17, 15) is 13.2 Å². The van der Waals surface area contributed by atoms with Gasteiger partial charge in [-0.2, -0.15) is 9.57 Å². The molecule has 1 aliphatic carbocycles. The molecule has 2 unspecified atom stereocenters. The molecule has 18 heavy (non-hydrogen) atoms. The number of nitrogens with one attached hydrogen (secondary N) is 1. The molecule has 2 atom stereocenters. The maximum absolute atomic E-state index is 11.8. The van der Waals surface area contributed by atoms with Crippen LogP contribution in [-0.2, 0) is 14.8 Å². The molecule has 1 N–H and O–H groups in total. The molecule has 0 aromatic carbocycles. The molecule has 2 rings (SSSR count). The van der Waals surface area contributed by atoms with Crippen molar-refractivity contribution in [1.29, 1.82) is 5.26 Å². The minimum atomic E-state index is -3.30. The molecule has 0 aromatic heterocycles. The molecule has 1 heterocycles. The van der Waals surface area contributed by atoms with Crippen molar-refractivity contribution < 1.29 is 13.2 Å². The lowest BCUT2D eigenvalue weighted by Crippen LogP contribution is -2.66. The summed E-state index contributed by atoms with van der Waals surface area (Å²) < 4.78 is 24.9. The van der Waals surface area contributed by atoms with Crippen LogP contribution in [0.25, 0.3) is 0 Å². The van der Waals surface area contributed by atoms with Crippen LogP contribution >= 0.6 is 0 Å². The molecule has 2 fully saturated rings. The number of nitriles is 1. The number of rotatable bonds is 5. The first kappa shape index (κ1) is 13.3. The van der Waals surface area contributed by atoms with E-state index in [-0.39, 0.29) is 29.9 Å². The summed E-state index contributed by atoms with van der Waals surface area (Å²) in [5.74, 6) is -0.111. The van der Waals surface area contributed by atoms with E-state index in [2.05, 4.69) is 5.32 Å². The summed E-state index contributed by atoms with van der Waals surface area (Å²) in [5, 5.41) is 11.5. The zero-order chi connectivity index (χ0) is 13.3. The summed E-state index contributed by atoms with van der Waals surface area (Å²) in [6.45, 7) is 1.91. The van der Waals surface area contributed by atoms with Crippen molar-refractivity contribution in [3.63, 3.8) is 0 Å². The van der Waals surface area contributed by atoms with E-state index in [1.807, 2.05) is 6.07 Å². The van der Waals surface area contributed by atoms with Crippen molar-refractivity contribution in [3.8, 4) is 6.07 Å². The van der Waals surface area contributed by atoms with Gasteiger partial charge in [0.05, 0.1) is 11.8 Å². The normalized spacial score (nSPS) is 28.2. The van der Waals surface area contributed by atoms with Crippen molar-refractivity contribution in [1.82, 2.24) is 9.62 Å². The van der Waals surface area contributed by atoms with Gasteiger partial charge in [0.2, 0.25) is 15.9 Å². The van der Waals surface area contributed by atoms with Gasteiger partial charge in [-0.25, -0.2) is 8.42 Å². The second-order valence-corrected chi connectivity index (χ2v) is 7.03. The molecule has 1 saturated carbocycles. The van der Waals surface area contributed by atoms with Gasteiger partial charge in [-0.15, -0.1) is 0 Å². The van der Waals surface area contributed by atoms with Crippen molar-refractivity contribution >= 4 is 15.9 Å². The van der Waals surface area contributed by atoms with E-state index in [1.165, 1.54) is 4.31 Å². The van der Waals surface area contributed by atoms with E-state index < -0.39 is 16.2 Å². The Hall–Kier alpha value is -1.13. The van der Waals surface area contributed by atoms with Gasteiger partial charge in [-0.3, -0.25) is 4.79 Å². The molecule has 1 saturated heterocycles. The highest BCUT2D eigenvalue weighted by Gasteiger charge is 2.46. The molecular formula is C11H17N3O3S. The Morgan fingerprint density at radius 2 is 2.17 bits per heavy atom. The molecule has 100 valence electrons. The highest BCUT2D eigenvalue weighted by atomic mass is 32.2. The van der Waals surface area contributed by atoms with Crippen molar-refractivity contribution in [2.24, 2.45) is 11.8 Å². The lowest BCUT2D eigenvalue weighted by molar-refractivity contribution is -0.126. The number of sulfonamides is 1. The van der Waals surface area contributed by atoms with Crippen LogP contribution in [0.5, 0.6) is 0 Å². The van der Waals surface area contributed by atoms with Crippen LogP contribution in [0.1, 0.15) is 26.2 Å². The summed E-state index contributed by atoms with van der Waals surface area (Å²) >= 11 is 0. The van der Waals surface area contributed by atoms with Gasteiger partial charge in [0, 0.05) is 24.8 Å². The van der Waals surface area contributed by atoms with Crippen LogP contribution < -0.4 is 5.32 Å². The molecule has 7 heteroatoms. The fraction of sp³-hybridized carbons (Fsp3) is 0.818. The topological polar surface area (TPSA) is 90.3 Å². The van der Waals surface area contributed by atoms with Gasteiger partial charge in [0.1, 0.15) is 6.17 Å². The van der Waals surface area contributed by atoms with E-state index >= 15 is 0 Å². The van der Waals surface area contributed by atoms with E-state index in [0.29, 0.717) is 6.54 Å². The Morgan fingerprint density at radius 1 is 1.50 bits per heavy atom. The second kappa shape index (κ2) is 4.86. The quantitative estimate of drug-likeness (QED) is 0.764. The number of hydrogen-bond donors (Lipinski definition) is 1. The number of nitrogens with zero attached hydrogens (tertiary/aromatic N) is 2. The highest BCUT2D eigenvalue weighted by molar-refractivity contribution is 7.89. The van der Waals surface area contributed by atoms with Crippen molar-refractivity contribution in [2.45, 2.75) is 32.4 Å². The first-order valence-electron chi connectivity index (χ1n) is 6.16. The third-order valence-corrected chi connectivity index (χ3v) is 5.31. The first-order valence-corrected chi connectivity index (χ1v) is 7.77. The molecular weight excluding hydrogens is 254 g/mol. The van der Waals surface area contributed by atoms with Crippen molar-refractivity contribution in [2.75, 3.05) is 12.3 Å². The fourth-order valence-corrected chi connectivity index (χ4v) is 3.41. The minimum absolute atomic E-state index is 0.0159. The van der Waals surface area contributed by atoms with Crippen LogP contribution in [0.3, 0.4) is 0 Å². The highest BCUT2D eigenvalue weighted by Crippen LogP contribution is 2.32. The molecule has 2 aliphatic rings. The number of carbonyl (C=O) groups is 1. The van der Waals surface area contributed by atoms with Crippen LogP contribution in [0.4, 0.5) is 0 Å². The molecule has 0 spiro atoms. The standard InChI is InChI=1S/C11H17N3O3S/c1-2-18(16,17)14-7-9(5-6-12)10(14)13-11(15)8-3-4-8/h8-10H,2-5,7H2,1H3,(H,13,15). The number of amides is 1. The summed E-state index contributed by atoms with van der Waals surface area (Å²) in [4.78, 5) is 11.7. The molecule has 1 aliphatic heterocycles. The van der Waals surface area contributed by atoms with Crippen LogP contribution in [-0.4, -0.2) is 37.1 Å². The average molecular weight is 271 g/mol. The lowest BCUT2D eigenvalue weighted by atomic mass is 9.95. The summed E-state index contributed by atoms with van der Waals surface area (Å²) in [5.41, 5.74) is 0. The second-order valence-electron chi connectivity index (χ2n) is 4.82. The third-order valence-electron chi connectivity index (χ3n) is 3.49. The third kappa shape index (κ3) is 2.49. The SMILES string of the molecule is CCS(=O)(=O)N1CC(CC#N)C1NC(=O)C1CC1. The summed E-state index contributed by atoms with van der Waals surface area (Å²) in [7, 11) is -3.30. The Bertz CT molecular complexity index is 478. The Labute approximate surface area is 107 Å². The van der Waals surface area contributed by atoms with E-state index in [0.717, 1.165) is 12.8 Å². The summed E-state index contributed by atoms with van der Waals surface area (Å²) in [6.07, 6.45) is 1.50. The predicted octanol–water partition coefficient (Wildman–Crippen LogP) is 0.0339. The minimum Gasteiger partial charge on any atom is -0.339 e. The molecule has 0 bridgehead atoms. The van der Waals surface area contributed by atoms with Crippen LogP contribution in [0.2, 0.25) is 0 Å². The molecule has 0 aromatic rings. The smallest absolute Gasteiger partial charge is 0.224 e. The van der Waals surface area contributed by atoms with Gasteiger partial charge in [-0.05, 0) is 19.8 Å². The van der Waals surface area contributed by atoms with Crippen LogP contribution in [0.15, 0.2) is 0 Å². The average Bonchev–Trinajstić information content (AvgIpc) is 3.14. The zero-order valence-corrected chi connectivity index (χ0v) is 11.1. The Balaban J connectivity index is 2.04. The van der Waals surface area contributed by atoms with Gasteiger partial charge < -0.3 is 5.32 Å². The Morgan fingerprint density at radius 3 is 2.67 bits per heavy atom. The Kier molecular flexibility index (Phi) is 3.59. The number of carbonyl (C=O) groups excluding carboxylic acids is 1. The van der Waals surface area contributed by atoms with Crippen molar-refractivity contribution in [3.05, 3.63) is 0 Å². The van der Waals surface area contributed by atoms with Gasteiger partial charge in [-0.1, -0.05) is 0 Å². The predicted molar refractivity (Wildman–Crippen MR) is 64.5 cm³/mol. The number of hydrogen-bond acceptors (Lipinski definition) is 4. The molecule has 6 nitrogen and oxygen atoms in total.